The minimum absolute atomic E-state index is 0.214. The summed E-state index contributed by atoms with van der Waals surface area (Å²) in [5, 5.41) is 1.67. The maximum atomic E-state index is 12.3. The lowest BCUT2D eigenvalue weighted by atomic mass is 10.1. The average Bonchev–Trinajstić information content (AvgIpc) is 3.36. The molecule has 1 saturated carbocycles. The maximum absolute atomic E-state index is 12.3. The number of hydrazine groups is 1. The number of carbonyl (C=O) groups is 1. The third-order valence-electron chi connectivity index (χ3n) is 4.02. The molecule has 6 heteroatoms. The van der Waals surface area contributed by atoms with Crippen LogP contribution in [0.25, 0.3) is 0 Å². The molecule has 0 saturated heterocycles. The maximum Gasteiger partial charge on any atom is 0.357 e. The highest BCUT2D eigenvalue weighted by Gasteiger charge is 2.41. The van der Waals surface area contributed by atoms with Crippen molar-refractivity contribution in [2.75, 3.05) is 6.61 Å². The number of nitrogens with two attached hydrogens (primary N) is 1. The number of rotatable bonds is 5. The lowest BCUT2D eigenvalue weighted by molar-refractivity contribution is -0.140. The Labute approximate surface area is 140 Å². The highest BCUT2D eigenvalue weighted by Crippen LogP contribution is 2.39. The smallest absolute Gasteiger partial charge is 0.357 e. The van der Waals surface area contributed by atoms with Crippen molar-refractivity contribution in [3.63, 3.8) is 0 Å². The van der Waals surface area contributed by atoms with Gasteiger partial charge in [-0.05, 0) is 25.3 Å². The molecule has 23 heavy (non-hydrogen) atoms. The number of esters is 1. The van der Waals surface area contributed by atoms with Crippen molar-refractivity contribution in [2.24, 2.45) is 16.8 Å². The molecule has 1 heterocycles. The molecular weight excluding hydrogens is 314 g/mol. The van der Waals surface area contributed by atoms with Crippen LogP contribution in [0.3, 0.4) is 0 Å². The van der Waals surface area contributed by atoms with E-state index in [1.807, 2.05) is 30.3 Å². The molecular formula is C17H20ClN3O2. The van der Waals surface area contributed by atoms with Gasteiger partial charge in [-0.25, -0.2) is 10.6 Å². The Bertz CT molecular complexity index is 653. The topological polar surface area (TPSA) is 67.9 Å². The number of nitrogens with zero attached hydrogens (tertiary/aromatic N) is 2. The van der Waals surface area contributed by atoms with Crippen molar-refractivity contribution in [3.8, 4) is 0 Å². The first-order valence-corrected chi connectivity index (χ1v) is 8.21. The van der Waals surface area contributed by atoms with Gasteiger partial charge in [-0.15, -0.1) is 0 Å². The molecule has 1 fully saturated rings. The number of ether oxygens (including phenoxy) is 1. The second kappa shape index (κ2) is 6.72. The highest BCUT2D eigenvalue weighted by atomic mass is 35.5. The number of halogens is 1. The summed E-state index contributed by atoms with van der Waals surface area (Å²) in [4.78, 5) is 17.0. The fourth-order valence-corrected chi connectivity index (χ4v) is 2.99. The Balaban J connectivity index is 1.94. The van der Waals surface area contributed by atoms with Gasteiger partial charge in [0.05, 0.1) is 17.4 Å². The highest BCUT2D eigenvalue weighted by molar-refractivity contribution is 6.45. The number of benzene rings is 1. The molecule has 2 aliphatic rings. The zero-order valence-electron chi connectivity index (χ0n) is 13.0. The van der Waals surface area contributed by atoms with Crippen LogP contribution in [-0.4, -0.2) is 29.5 Å². The van der Waals surface area contributed by atoms with E-state index >= 15 is 0 Å². The summed E-state index contributed by atoms with van der Waals surface area (Å²) >= 11 is 6.44. The number of aliphatic imine (C=N–C) groups is 1. The van der Waals surface area contributed by atoms with Crippen LogP contribution in [0.5, 0.6) is 0 Å². The van der Waals surface area contributed by atoms with Gasteiger partial charge in [-0.3, -0.25) is 10.0 Å². The first kappa shape index (κ1) is 16.0. The third kappa shape index (κ3) is 3.41. The van der Waals surface area contributed by atoms with Crippen molar-refractivity contribution in [3.05, 3.63) is 46.6 Å². The summed E-state index contributed by atoms with van der Waals surface area (Å²) in [5.41, 5.74) is 2.00. The van der Waals surface area contributed by atoms with E-state index in [0.717, 1.165) is 18.4 Å². The molecule has 3 rings (SSSR count). The van der Waals surface area contributed by atoms with Crippen molar-refractivity contribution in [1.82, 2.24) is 5.01 Å². The Morgan fingerprint density at radius 1 is 1.39 bits per heavy atom. The van der Waals surface area contributed by atoms with Crippen LogP contribution in [0.2, 0.25) is 0 Å². The van der Waals surface area contributed by atoms with E-state index in [1.165, 1.54) is 5.01 Å². The van der Waals surface area contributed by atoms with Gasteiger partial charge in [-0.1, -0.05) is 41.9 Å². The van der Waals surface area contributed by atoms with Crippen LogP contribution in [0.4, 0.5) is 0 Å². The van der Waals surface area contributed by atoms with Crippen LogP contribution in [0.1, 0.15) is 25.3 Å². The van der Waals surface area contributed by atoms with E-state index in [1.54, 1.807) is 6.92 Å². The van der Waals surface area contributed by atoms with Crippen LogP contribution in [-0.2, 0) is 16.0 Å². The van der Waals surface area contributed by atoms with E-state index in [2.05, 4.69) is 0 Å². The van der Waals surface area contributed by atoms with Crippen molar-refractivity contribution < 1.29 is 9.53 Å². The fourth-order valence-electron chi connectivity index (χ4n) is 2.69. The first-order chi connectivity index (χ1) is 11.1. The standard InChI is InChI=1S/C17H20ClN3O2/c1-2-23-17(22)15-14(18)13(10-11-6-4-3-5-7-11)20-16(21(15)19)12-8-9-12/h3-7,12,16H,2,8-10,19H2,1H3. The zero-order valence-corrected chi connectivity index (χ0v) is 13.8. The minimum Gasteiger partial charge on any atom is -0.461 e. The molecule has 1 atom stereocenters. The van der Waals surface area contributed by atoms with E-state index < -0.39 is 5.97 Å². The van der Waals surface area contributed by atoms with Gasteiger partial charge in [0.2, 0.25) is 0 Å². The third-order valence-corrected chi connectivity index (χ3v) is 4.42. The molecule has 1 unspecified atom stereocenters. The summed E-state index contributed by atoms with van der Waals surface area (Å²) in [6.07, 6.45) is 2.46. The van der Waals surface area contributed by atoms with Gasteiger partial charge >= 0.3 is 5.97 Å². The zero-order chi connectivity index (χ0) is 16.4. The molecule has 5 nitrogen and oxygen atoms in total. The molecule has 1 aromatic rings. The Kier molecular flexibility index (Phi) is 4.68. The first-order valence-electron chi connectivity index (χ1n) is 7.83. The lowest BCUT2D eigenvalue weighted by Gasteiger charge is -2.32. The van der Waals surface area contributed by atoms with Gasteiger partial charge in [-0.2, -0.15) is 0 Å². The van der Waals surface area contributed by atoms with E-state index in [4.69, 9.17) is 27.2 Å². The van der Waals surface area contributed by atoms with E-state index in [-0.39, 0.29) is 23.5 Å². The number of hydrogen-bond donors (Lipinski definition) is 1. The van der Waals surface area contributed by atoms with Crippen LogP contribution >= 0.6 is 11.6 Å². The number of allylic oxidation sites excluding steroid dienone is 1. The largest absolute Gasteiger partial charge is 0.461 e. The molecule has 0 radical (unpaired) electrons. The Morgan fingerprint density at radius 2 is 2.09 bits per heavy atom. The predicted octanol–water partition coefficient (Wildman–Crippen LogP) is 2.61. The molecule has 122 valence electrons. The average molecular weight is 334 g/mol. The molecule has 0 aromatic heterocycles. The van der Waals surface area contributed by atoms with Gasteiger partial charge in [0.15, 0.2) is 5.70 Å². The van der Waals surface area contributed by atoms with Gasteiger partial charge < -0.3 is 4.74 Å². The molecule has 1 aliphatic heterocycles. The summed E-state index contributed by atoms with van der Waals surface area (Å²) in [7, 11) is 0. The normalized spacial score (nSPS) is 21.3. The predicted molar refractivity (Wildman–Crippen MR) is 89.6 cm³/mol. The molecule has 1 aliphatic carbocycles. The fraction of sp³-hybridized carbons (Fsp3) is 0.412. The number of carbonyl (C=O) groups excluding carboxylic acids is 1. The summed E-state index contributed by atoms with van der Waals surface area (Å²) in [5.74, 6) is 6.01. The van der Waals surface area contributed by atoms with E-state index in [9.17, 15) is 4.79 Å². The SMILES string of the molecule is CCOC(=O)C1=C(Cl)C(Cc2ccccc2)=NC(C2CC2)N1N. The number of hydrogen-bond acceptors (Lipinski definition) is 5. The Morgan fingerprint density at radius 3 is 2.70 bits per heavy atom. The quantitative estimate of drug-likeness (QED) is 0.664. The molecule has 0 spiro atoms. The van der Waals surface area contributed by atoms with Crippen LogP contribution in [0.15, 0.2) is 46.1 Å². The van der Waals surface area contributed by atoms with Crippen molar-refractivity contribution in [2.45, 2.75) is 32.4 Å². The van der Waals surface area contributed by atoms with Crippen molar-refractivity contribution >= 4 is 23.3 Å². The Hall–Kier alpha value is -1.85. The van der Waals surface area contributed by atoms with Crippen molar-refractivity contribution in [1.29, 1.82) is 0 Å². The molecule has 0 amide bonds. The summed E-state index contributed by atoms with van der Waals surface area (Å²) < 4.78 is 5.11. The van der Waals surface area contributed by atoms with E-state index in [0.29, 0.717) is 18.1 Å². The molecule has 1 aromatic carbocycles. The monoisotopic (exact) mass is 333 g/mol. The second-order valence-corrected chi connectivity index (χ2v) is 6.16. The summed E-state index contributed by atoms with van der Waals surface area (Å²) in [6.45, 7) is 2.03. The van der Waals surface area contributed by atoms with Gasteiger partial charge in [0.25, 0.3) is 0 Å². The molecule has 0 bridgehead atoms. The van der Waals surface area contributed by atoms with Crippen LogP contribution < -0.4 is 5.84 Å². The molecule has 2 N–H and O–H groups in total. The minimum atomic E-state index is -0.494. The van der Waals surface area contributed by atoms with Gasteiger partial charge in [0.1, 0.15) is 6.17 Å². The second-order valence-electron chi connectivity index (χ2n) is 5.78. The lowest BCUT2D eigenvalue weighted by Crippen LogP contribution is -2.47. The van der Waals surface area contributed by atoms with Crippen LogP contribution in [0, 0.1) is 5.92 Å². The van der Waals surface area contributed by atoms with Gasteiger partial charge in [0, 0.05) is 12.3 Å². The summed E-state index contributed by atoms with van der Waals surface area (Å²) in [6, 6.07) is 9.92.